The predicted octanol–water partition coefficient (Wildman–Crippen LogP) is 0.420. The van der Waals surface area contributed by atoms with Crippen molar-refractivity contribution in [3.8, 4) is 0 Å². The topological polar surface area (TPSA) is 57.6 Å². The number of alkyl halides is 1. The van der Waals surface area contributed by atoms with Gasteiger partial charge in [-0.15, -0.1) is 0 Å². The fraction of sp³-hybridized carbons (Fsp3) is 0.750. The van der Waals surface area contributed by atoms with Gasteiger partial charge in [0.15, 0.2) is 0 Å². The van der Waals surface area contributed by atoms with Gasteiger partial charge in [-0.1, -0.05) is 0 Å². The minimum absolute atomic E-state index is 0.0910. The molecule has 0 bridgehead atoms. The first-order valence-electron chi connectivity index (χ1n) is 4.16. The van der Waals surface area contributed by atoms with Crippen molar-refractivity contribution in [1.29, 1.82) is 0 Å². The molecule has 0 aliphatic carbocycles. The number of carbonyl (C=O) groups is 2. The van der Waals surface area contributed by atoms with Gasteiger partial charge in [0.05, 0.1) is 6.54 Å². The van der Waals surface area contributed by atoms with Crippen LogP contribution in [0.1, 0.15) is 19.8 Å². The van der Waals surface area contributed by atoms with Crippen LogP contribution in [-0.4, -0.2) is 40.6 Å². The van der Waals surface area contributed by atoms with Gasteiger partial charge < -0.3 is 10.0 Å². The van der Waals surface area contributed by atoms with E-state index in [9.17, 15) is 14.0 Å². The van der Waals surface area contributed by atoms with Crippen LogP contribution in [0.5, 0.6) is 0 Å². The summed E-state index contributed by atoms with van der Waals surface area (Å²) in [6.45, 7) is 1.17. The van der Waals surface area contributed by atoms with E-state index in [0.717, 1.165) is 4.90 Å². The first-order chi connectivity index (χ1) is 6.02. The van der Waals surface area contributed by atoms with Crippen LogP contribution in [0.3, 0.4) is 0 Å². The second kappa shape index (κ2) is 3.72. The van der Waals surface area contributed by atoms with Crippen molar-refractivity contribution >= 4 is 11.9 Å². The number of carbonyl (C=O) groups excluding carboxylic acids is 1. The molecular formula is C8H12FNO3. The summed E-state index contributed by atoms with van der Waals surface area (Å²) in [7, 11) is 0. The molecule has 0 saturated carbocycles. The molecule has 1 saturated heterocycles. The summed E-state index contributed by atoms with van der Waals surface area (Å²) in [6.07, 6.45) is -0.656. The summed E-state index contributed by atoms with van der Waals surface area (Å²) in [5, 5.41) is 8.73. The highest BCUT2D eigenvalue weighted by Gasteiger charge is 2.34. The van der Waals surface area contributed by atoms with Gasteiger partial charge in [0.2, 0.25) is 5.91 Å². The number of hydrogen-bond acceptors (Lipinski definition) is 2. The Kier molecular flexibility index (Phi) is 2.85. The molecule has 5 heteroatoms. The Hall–Kier alpha value is -1.13. The summed E-state index contributed by atoms with van der Waals surface area (Å²) in [5.74, 6) is -1.43. The number of amides is 1. The fourth-order valence-electron chi connectivity index (χ4n) is 1.53. The molecule has 0 aromatic rings. The van der Waals surface area contributed by atoms with Crippen LogP contribution in [0.25, 0.3) is 0 Å². The van der Waals surface area contributed by atoms with Crippen LogP contribution in [0.2, 0.25) is 0 Å². The van der Waals surface area contributed by atoms with Crippen LogP contribution in [0.15, 0.2) is 0 Å². The summed E-state index contributed by atoms with van der Waals surface area (Å²) in [4.78, 5) is 22.7. The zero-order valence-corrected chi connectivity index (χ0v) is 7.36. The van der Waals surface area contributed by atoms with Gasteiger partial charge in [0, 0.05) is 6.92 Å². The van der Waals surface area contributed by atoms with Gasteiger partial charge in [0.1, 0.15) is 12.2 Å². The zero-order valence-electron chi connectivity index (χ0n) is 7.36. The summed E-state index contributed by atoms with van der Waals surface area (Å²) in [6, 6.07) is -0.843. The van der Waals surface area contributed by atoms with E-state index in [4.69, 9.17) is 5.11 Å². The summed E-state index contributed by atoms with van der Waals surface area (Å²) in [5.41, 5.74) is 0. The molecule has 1 heterocycles. The Labute approximate surface area is 75.3 Å². The molecule has 1 aliphatic rings. The third-order valence-electron chi connectivity index (χ3n) is 2.21. The lowest BCUT2D eigenvalue weighted by atomic mass is 10.0. The molecule has 13 heavy (non-hydrogen) atoms. The van der Waals surface area contributed by atoms with Crippen LogP contribution in [0, 0.1) is 0 Å². The Bertz CT molecular complexity index is 231. The molecule has 0 aromatic carbocycles. The Morgan fingerprint density at radius 3 is 2.54 bits per heavy atom. The third-order valence-corrected chi connectivity index (χ3v) is 2.21. The van der Waals surface area contributed by atoms with Gasteiger partial charge in [0.25, 0.3) is 0 Å². The Morgan fingerprint density at radius 1 is 1.46 bits per heavy atom. The first kappa shape index (κ1) is 9.95. The number of halogens is 1. The van der Waals surface area contributed by atoms with Crippen LogP contribution in [-0.2, 0) is 9.59 Å². The molecule has 74 valence electrons. The number of carboxylic acids is 1. The van der Waals surface area contributed by atoms with Gasteiger partial charge >= 0.3 is 5.97 Å². The van der Waals surface area contributed by atoms with E-state index in [1.807, 2.05) is 0 Å². The quantitative estimate of drug-likeness (QED) is 0.650. The highest BCUT2D eigenvalue weighted by Crippen LogP contribution is 2.19. The fourth-order valence-corrected chi connectivity index (χ4v) is 1.53. The molecule has 0 unspecified atom stereocenters. The minimum atomic E-state index is -1.08. The standard InChI is InChI=1S/C8H12FNO3/c1-5(11)10-4-6(9)2-3-7(10)8(12)13/h6-7H,2-4H2,1H3,(H,12,13)/t6-,7+/m0/s1. The molecule has 1 fully saturated rings. The van der Waals surface area contributed by atoms with E-state index >= 15 is 0 Å². The molecule has 1 aliphatic heterocycles. The smallest absolute Gasteiger partial charge is 0.326 e. The molecule has 1 amide bonds. The molecule has 1 rings (SSSR count). The van der Waals surface area contributed by atoms with Gasteiger partial charge in [-0.3, -0.25) is 4.79 Å². The van der Waals surface area contributed by atoms with E-state index in [2.05, 4.69) is 0 Å². The zero-order chi connectivity index (χ0) is 10.0. The molecule has 1 N–H and O–H groups in total. The number of rotatable bonds is 1. The second-order valence-electron chi connectivity index (χ2n) is 3.20. The second-order valence-corrected chi connectivity index (χ2v) is 3.20. The number of nitrogens with zero attached hydrogens (tertiary/aromatic N) is 1. The van der Waals surface area contributed by atoms with Crippen molar-refractivity contribution in [1.82, 2.24) is 4.90 Å². The van der Waals surface area contributed by atoms with E-state index in [0.29, 0.717) is 0 Å². The maximum atomic E-state index is 12.8. The van der Waals surface area contributed by atoms with Crippen molar-refractivity contribution in [2.75, 3.05) is 6.54 Å². The maximum absolute atomic E-state index is 12.8. The molecule has 2 atom stereocenters. The summed E-state index contributed by atoms with van der Waals surface area (Å²) < 4.78 is 12.8. The van der Waals surface area contributed by atoms with Crippen LogP contribution >= 0.6 is 0 Å². The van der Waals surface area contributed by atoms with Crippen LogP contribution < -0.4 is 0 Å². The number of hydrogen-bond donors (Lipinski definition) is 1. The number of carboxylic acid groups (broad SMARTS) is 1. The third kappa shape index (κ3) is 2.17. The molecule has 0 spiro atoms. The van der Waals surface area contributed by atoms with Crippen molar-refractivity contribution < 1.29 is 19.1 Å². The van der Waals surface area contributed by atoms with Crippen LogP contribution in [0.4, 0.5) is 4.39 Å². The molecule has 0 radical (unpaired) electrons. The predicted molar refractivity (Wildman–Crippen MR) is 42.9 cm³/mol. The van der Waals surface area contributed by atoms with Crippen molar-refractivity contribution in [3.63, 3.8) is 0 Å². The SMILES string of the molecule is CC(=O)N1C[C@@H](F)CC[C@@H]1C(=O)O. The molecular weight excluding hydrogens is 177 g/mol. The largest absolute Gasteiger partial charge is 0.480 e. The monoisotopic (exact) mass is 189 g/mol. The Morgan fingerprint density at radius 2 is 2.08 bits per heavy atom. The minimum Gasteiger partial charge on any atom is -0.480 e. The van der Waals surface area contributed by atoms with E-state index in [-0.39, 0.29) is 25.3 Å². The normalized spacial score (nSPS) is 28.6. The van der Waals surface area contributed by atoms with Crippen molar-refractivity contribution in [3.05, 3.63) is 0 Å². The number of aliphatic carboxylic acids is 1. The lowest BCUT2D eigenvalue weighted by Gasteiger charge is -2.33. The highest BCUT2D eigenvalue weighted by atomic mass is 19.1. The first-order valence-corrected chi connectivity index (χ1v) is 4.16. The van der Waals surface area contributed by atoms with E-state index < -0.39 is 18.2 Å². The lowest BCUT2D eigenvalue weighted by Crippen LogP contribution is -2.50. The number of likely N-dealkylation sites (tertiary alicyclic amines) is 1. The average Bonchev–Trinajstić information content (AvgIpc) is 2.03. The number of piperidine rings is 1. The highest BCUT2D eigenvalue weighted by molar-refractivity contribution is 5.82. The molecule has 0 aromatic heterocycles. The lowest BCUT2D eigenvalue weighted by molar-refractivity contribution is -0.152. The van der Waals surface area contributed by atoms with Crippen molar-refractivity contribution in [2.45, 2.75) is 32.0 Å². The molecule has 4 nitrogen and oxygen atoms in total. The maximum Gasteiger partial charge on any atom is 0.326 e. The van der Waals surface area contributed by atoms with Gasteiger partial charge in [-0.05, 0) is 12.8 Å². The average molecular weight is 189 g/mol. The van der Waals surface area contributed by atoms with Crippen molar-refractivity contribution in [2.24, 2.45) is 0 Å². The van der Waals surface area contributed by atoms with Gasteiger partial charge in [-0.25, -0.2) is 9.18 Å². The van der Waals surface area contributed by atoms with E-state index in [1.54, 1.807) is 0 Å². The van der Waals surface area contributed by atoms with E-state index in [1.165, 1.54) is 6.92 Å². The van der Waals surface area contributed by atoms with Gasteiger partial charge in [-0.2, -0.15) is 0 Å². The summed E-state index contributed by atoms with van der Waals surface area (Å²) >= 11 is 0. The Balaban J connectivity index is 2.72.